The van der Waals surface area contributed by atoms with Gasteiger partial charge in [-0.05, 0) is 46.2 Å². The van der Waals surface area contributed by atoms with E-state index in [1.807, 2.05) is 32.9 Å². The van der Waals surface area contributed by atoms with Crippen LogP contribution < -0.4 is 0 Å². The zero-order chi connectivity index (χ0) is 29.3. The lowest BCUT2D eigenvalue weighted by Crippen LogP contribution is -2.50. The van der Waals surface area contributed by atoms with Crippen LogP contribution in [-0.2, 0) is 51.2 Å². The number of ether oxygens (including phenoxy) is 4. The summed E-state index contributed by atoms with van der Waals surface area (Å²) in [7, 11) is 0. The topological polar surface area (TPSA) is 128 Å². The smallest absolute Gasteiger partial charge is 0.323 e. The van der Waals surface area contributed by atoms with Gasteiger partial charge in [0.1, 0.15) is 6.04 Å². The highest BCUT2D eigenvalue weighted by atomic mass is 16.5. The first kappa shape index (κ1) is 33.1. The SMILES string of the molecule is CCOC(=O)CCC(C(=O)OCC)N1CCN(CC(=O)OCC)Cc2cccc(n2)CN(CC(=O)OCC)CC1. The number of esters is 4. The fraction of sp³-hybridized carbons (Fsp3) is 0.679. The normalized spacial score (nSPS) is 16.2. The number of rotatable bonds is 13. The minimum atomic E-state index is -0.711. The molecule has 40 heavy (non-hydrogen) atoms. The first-order chi connectivity index (χ1) is 19.3. The van der Waals surface area contributed by atoms with Crippen molar-refractivity contribution in [1.29, 1.82) is 0 Å². The molecule has 0 fully saturated rings. The average Bonchev–Trinajstić information content (AvgIpc) is 2.89. The molecule has 12 heteroatoms. The van der Waals surface area contributed by atoms with Crippen LogP contribution in [0.25, 0.3) is 0 Å². The Labute approximate surface area is 236 Å². The summed E-state index contributed by atoms with van der Waals surface area (Å²) >= 11 is 0. The molecule has 2 rings (SSSR count). The van der Waals surface area contributed by atoms with Crippen LogP contribution in [0.2, 0.25) is 0 Å². The molecule has 0 aromatic carbocycles. The summed E-state index contributed by atoms with van der Waals surface area (Å²) in [6, 6.07) is 4.98. The van der Waals surface area contributed by atoms with Crippen LogP contribution in [0.3, 0.4) is 0 Å². The summed E-state index contributed by atoms with van der Waals surface area (Å²) in [6.07, 6.45) is 0.273. The largest absolute Gasteiger partial charge is 0.466 e. The van der Waals surface area contributed by atoms with Crippen molar-refractivity contribution in [3.63, 3.8) is 0 Å². The number of carbonyl (C=O) groups is 4. The highest BCUT2D eigenvalue weighted by molar-refractivity contribution is 5.77. The van der Waals surface area contributed by atoms with Gasteiger partial charge in [0, 0.05) is 45.7 Å². The maximum Gasteiger partial charge on any atom is 0.323 e. The summed E-state index contributed by atoms with van der Waals surface area (Å²) in [5.41, 5.74) is 1.54. The predicted octanol–water partition coefficient (Wildman–Crippen LogP) is 1.40. The van der Waals surface area contributed by atoms with E-state index < -0.39 is 12.0 Å². The van der Waals surface area contributed by atoms with Gasteiger partial charge in [0.05, 0.1) is 50.9 Å². The van der Waals surface area contributed by atoms with E-state index in [1.54, 1.807) is 27.7 Å². The van der Waals surface area contributed by atoms with Crippen molar-refractivity contribution in [2.45, 2.75) is 59.7 Å². The van der Waals surface area contributed by atoms with Gasteiger partial charge < -0.3 is 18.9 Å². The predicted molar refractivity (Wildman–Crippen MR) is 146 cm³/mol. The van der Waals surface area contributed by atoms with E-state index in [0.717, 1.165) is 11.4 Å². The molecule has 0 aliphatic carbocycles. The van der Waals surface area contributed by atoms with E-state index in [4.69, 9.17) is 23.9 Å². The van der Waals surface area contributed by atoms with Crippen LogP contribution in [0, 0.1) is 0 Å². The molecule has 1 atom stereocenters. The van der Waals surface area contributed by atoms with Gasteiger partial charge in [0.2, 0.25) is 0 Å². The van der Waals surface area contributed by atoms with Gasteiger partial charge in [-0.15, -0.1) is 0 Å². The third-order valence-electron chi connectivity index (χ3n) is 6.29. The summed E-state index contributed by atoms with van der Waals surface area (Å²) < 4.78 is 20.8. The Morgan fingerprint density at radius 1 is 0.725 bits per heavy atom. The Bertz CT molecular complexity index is 911. The van der Waals surface area contributed by atoms with Gasteiger partial charge in [-0.1, -0.05) is 6.07 Å². The number of fused-ring (bicyclic) bond motifs is 2. The average molecular weight is 565 g/mol. The van der Waals surface area contributed by atoms with Gasteiger partial charge in [0.15, 0.2) is 0 Å². The molecule has 2 heterocycles. The zero-order valence-electron chi connectivity index (χ0n) is 24.3. The van der Waals surface area contributed by atoms with E-state index >= 15 is 0 Å². The van der Waals surface area contributed by atoms with E-state index in [1.165, 1.54) is 0 Å². The fourth-order valence-electron chi connectivity index (χ4n) is 4.51. The molecular weight excluding hydrogens is 520 g/mol. The summed E-state index contributed by atoms with van der Waals surface area (Å²) in [5.74, 6) is -1.51. The van der Waals surface area contributed by atoms with E-state index in [2.05, 4.69) is 0 Å². The third kappa shape index (κ3) is 12.0. The van der Waals surface area contributed by atoms with Gasteiger partial charge in [0.25, 0.3) is 0 Å². The Hall–Kier alpha value is -3.09. The number of carbonyl (C=O) groups excluding carboxylic acids is 4. The number of nitrogens with zero attached hydrogens (tertiary/aromatic N) is 4. The fourth-order valence-corrected chi connectivity index (χ4v) is 4.51. The second-order valence-corrected chi connectivity index (χ2v) is 9.30. The molecule has 1 unspecified atom stereocenters. The summed E-state index contributed by atoms with van der Waals surface area (Å²) in [6.45, 7) is 10.6. The van der Waals surface area contributed by atoms with Gasteiger partial charge in [-0.3, -0.25) is 38.9 Å². The van der Waals surface area contributed by atoms with E-state index in [9.17, 15) is 19.2 Å². The van der Waals surface area contributed by atoms with Crippen molar-refractivity contribution in [3.05, 3.63) is 29.6 Å². The summed E-state index contributed by atoms with van der Waals surface area (Å²) in [4.78, 5) is 60.6. The van der Waals surface area contributed by atoms with Crippen molar-refractivity contribution in [3.8, 4) is 0 Å². The van der Waals surface area contributed by atoms with Crippen LogP contribution in [0.15, 0.2) is 18.2 Å². The van der Waals surface area contributed by atoms with Gasteiger partial charge in [-0.25, -0.2) is 0 Å². The molecule has 1 aliphatic heterocycles. The van der Waals surface area contributed by atoms with Crippen molar-refractivity contribution in [1.82, 2.24) is 19.7 Å². The molecule has 1 aromatic heterocycles. The van der Waals surface area contributed by atoms with E-state index in [0.29, 0.717) is 39.3 Å². The first-order valence-corrected chi connectivity index (χ1v) is 14.1. The molecule has 2 bridgehead atoms. The van der Waals surface area contributed by atoms with Crippen LogP contribution in [0.5, 0.6) is 0 Å². The number of hydrogen-bond donors (Lipinski definition) is 0. The van der Waals surface area contributed by atoms with Crippen LogP contribution in [-0.4, -0.2) is 115 Å². The maximum absolute atomic E-state index is 13.1. The molecular formula is C28H44N4O8. The van der Waals surface area contributed by atoms with E-state index in [-0.39, 0.29) is 70.3 Å². The number of aromatic nitrogens is 1. The Morgan fingerprint density at radius 3 is 1.68 bits per heavy atom. The Morgan fingerprint density at radius 2 is 1.20 bits per heavy atom. The quantitative estimate of drug-likeness (QED) is 0.254. The highest BCUT2D eigenvalue weighted by Crippen LogP contribution is 2.15. The third-order valence-corrected chi connectivity index (χ3v) is 6.29. The van der Waals surface area contributed by atoms with Crippen molar-refractivity contribution in [2.75, 3.05) is 65.7 Å². The second-order valence-electron chi connectivity index (χ2n) is 9.30. The lowest BCUT2D eigenvalue weighted by Gasteiger charge is -2.34. The Kier molecular flexibility index (Phi) is 15.1. The zero-order valence-corrected chi connectivity index (χ0v) is 24.3. The lowest BCUT2D eigenvalue weighted by molar-refractivity contribution is -0.152. The monoisotopic (exact) mass is 564 g/mol. The second kappa shape index (κ2) is 18.3. The number of pyridine rings is 1. The molecule has 0 radical (unpaired) electrons. The Balaban J connectivity index is 2.38. The molecule has 0 spiro atoms. The molecule has 0 saturated heterocycles. The van der Waals surface area contributed by atoms with Crippen molar-refractivity contribution in [2.24, 2.45) is 0 Å². The lowest BCUT2D eigenvalue weighted by atomic mass is 10.1. The van der Waals surface area contributed by atoms with Gasteiger partial charge in [-0.2, -0.15) is 0 Å². The maximum atomic E-state index is 13.1. The standard InChI is InChI=1S/C28H44N4O8/c1-5-37-25(33)13-12-24(28(36)40-8-4)32-16-14-30(20-26(34)38-6-2)18-22-10-9-11-23(29-22)19-31(15-17-32)21-27(35)39-7-3/h9-11,24H,5-8,12-21H2,1-4H3. The van der Waals surface area contributed by atoms with Crippen molar-refractivity contribution >= 4 is 23.9 Å². The van der Waals surface area contributed by atoms with Gasteiger partial charge >= 0.3 is 23.9 Å². The molecule has 1 aromatic rings. The summed E-state index contributed by atoms with van der Waals surface area (Å²) in [5, 5.41) is 0. The molecule has 224 valence electrons. The molecule has 0 saturated carbocycles. The first-order valence-electron chi connectivity index (χ1n) is 14.1. The van der Waals surface area contributed by atoms with Crippen LogP contribution in [0.1, 0.15) is 51.9 Å². The molecule has 0 amide bonds. The molecule has 1 aliphatic rings. The molecule has 12 nitrogen and oxygen atoms in total. The van der Waals surface area contributed by atoms with Crippen LogP contribution in [0.4, 0.5) is 0 Å². The highest BCUT2D eigenvalue weighted by Gasteiger charge is 2.30. The molecule has 0 N–H and O–H groups in total. The minimum Gasteiger partial charge on any atom is -0.466 e. The van der Waals surface area contributed by atoms with Crippen molar-refractivity contribution < 1.29 is 38.1 Å². The number of hydrogen-bond acceptors (Lipinski definition) is 12. The van der Waals surface area contributed by atoms with Crippen LogP contribution >= 0.6 is 0 Å². The minimum absolute atomic E-state index is 0.0569.